The SMILES string of the molecule is CC[C@@H](C)NC(=O)[C@@H](CC)N(Cc1cccc(C)c1)C(=O)CSCc1ccccc1Cl. The number of carbonyl (C=O) groups is 2. The van der Waals surface area contributed by atoms with Crippen molar-refractivity contribution in [1.82, 2.24) is 10.2 Å². The molecular weight excluding hydrogens is 428 g/mol. The second-order valence-corrected chi connectivity index (χ2v) is 9.23. The van der Waals surface area contributed by atoms with Gasteiger partial charge in [0, 0.05) is 23.4 Å². The molecular formula is C25H33ClN2O2S. The van der Waals surface area contributed by atoms with Crippen LogP contribution in [0.2, 0.25) is 5.02 Å². The zero-order chi connectivity index (χ0) is 22.8. The lowest BCUT2D eigenvalue weighted by Gasteiger charge is -2.31. The number of hydrogen-bond donors (Lipinski definition) is 1. The Morgan fingerprint density at radius 1 is 1.10 bits per heavy atom. The molecule has 0 aliphatic heterocycles. The largest absolute Gasteiger partial charge is 0.352 e. The number of nitrogens with one attached hydrogen (secondary N) is 1. The van der Waals surface area contributed by atoms with Crippen LogP contribution in [0.3, 0.4) is 0 Å². The highest BCUT2D eigenvalue weighted by molar-refractivity contribution is 7.99. The molecule has 2 amide bonds. The van der Waals surface area contributed by atoms with Crippen molar-refractivity contribution >= 4 is 35.2 Å². The molecule has 2 rings (SSSR count). The summed E-state index contributed by atoms with van der Waals surface area (Å²) in [5.74, 6) is 0.822. The summed E-state index contributed by atoms with van der Waals surface area (Å²) in [7, 11) is 0. The van der Waals surface area contributed by atoms with Crippen LogP contribution >= 0.6 is 23.4 Å². The molecule has 0 saturated carbocycles. The number of amides is 2. The number of nitrogens with zero attached hydrogens (tertiary/aromatic N) is 1. The van der Waals surface area contributed by atoms with Gasteiger partial charge in [-0.1, -0.05) is 73.5 Å². The van der Waals surface area contributed by atoms with Crippen LogP contribution in [0, 0.1) is 6.92 Å². The molecule has 0 aromatic heterocycles. The Kier molecular flexibility index (Phi) is 10.4. The minimum Gasteiger partial charge on any atom is -0.352 e. The molecule has 6 heteroatoms. The van der Waals surface area contributed by atoms with E-state index in [1.165, 1.54) is 11.8 Å². The minimum absolute atomic E-state index is 0.0373. The first-order chi connectivity index (χ1) is 14.8. The molecule has 0 heterocycles. The molecule has 31 heavy (non-hydrogen) atoms. The van der Waals surface area contributed by atoms with E-state index in [0.717, 1.165) is 23.1 Å². The molecule has 168 valence electrons. The predicted octanol–water partition coefficient (Wildman–Crippen LogP) is 5.60. The summed E-state index contributed by atoms with van der Waals surface area (Å²) in [6.45, 7) is 8.42. The second-order valence-electron chi connectivity index (χ2n) is 7.84. The van der Waals surface area contributed by atoms with E-state index < -0.39 is 6.04 Å². The van der Waals surface area contributed by atoms with Gasteiger partial charge in [0.2, 0.25) is 11.8 Å². The third-order valence-corrected chi connectivity index (χ3v) is 6.60. The monoisotopic (exact) mass is 460 g/mol. The van der Waals surface area contributed by atoms with Gasteiger partial charge in [-0.05, 0) is 43.9 Å². The summed E-state index contributed by atoms with van der Waals surface area (Å²) >= 11 is 7.76. The van der Waals surface area contributed by atoms with Gasteiger partial charge < -0.3 is 10.2 Å². The number of carbonyl (C=O) groups excluding carboxylic acids is 2. The van der Waals surface area contributed by atoms with Crippen LogP contribution in [0.15, 0.2) is 48.5 Å². The lowest BCUT2D eigenvalue weighted by molar-refractivity contribution is -0.139. The number of aryl methyl sites for hydroxylation is 1. The second kappa shape index (κ2) is 12.8. The molecule has 2 aromatic carbocycles. The average molecular weight is 461 g/mol. The molecule has 2 atom stereocenters. The summed E-state index contributed by atoms with van der Waals surface area (Å²) in [5, 5.41) is 3.75. The van der Waals surface area contributed by atoms with E-state index in [1.807, 2.05) is 70.2 Å². The van der Waals surface area contributed by atoms with Crippen molar-refractivity contribution in [3.8, 4) is 0 Å². The molecule has 0 aliphatic carbocycles. The standard InChI is InChI=1S/C25H33ClN2O2S/c1-5-19(4)27-25(30)23(6-2)28(15-20-11-9-10-18(3)14-20)24(29)17-31-16-21-12-7-8-13-22(21)26/h7-14,19,23H,5-6,15-17H2,1-4H3,(H,27,30)/t19-,23-/m1/s1. The van der Waals surface area contributed by atoms with Gasteiger partial charge >= 0.3 is 0 Å². The minimum atomic E-state index is -0.497. The molecule has 0 fully saturated rings. The zero-order valence-electron chi connectivity index (χ0n) is 18.9. The predicted molar refractivity (Wildman–Crippen MR) is 131 cm³/mol. The van der Waals surface area contributed by atoms with E-state index in [2.05, 4.69) is 11.4 Å². The van der Waals surface area contributed by atoms with Gasteiger partial charge in [0.25, 0.3) is 0 Å². The van der Waals surface area contributed by atoms with Crippen molar-refractivity contribution in [2.24, 2.45) is 0 Å². The Balaban J connectivity index is 2.15. The smallest absolute Gasteiger partial charge is 0.243 e. The van der Waals surface area contributed by atoms with Gasteiger partial charge in [-0.15, -0.1) is 11.8 Å². The third kappa shape index (κ3) is 7.89. The first-order valence-electron chi connectivity index (χ1n) is 10.8. The molecule has 0 bridgehead atoms. The van der Waals surface area contributed by atoms with Crippen LogP contribution in [-0.2, 0) is 21.9 Å². The van der Waals surface area contributed by atoms with Crippen LogP contribution in [0.5, 0.6) is 0 Å². The van der Waals surface area contributed by atoms with Crippen molar-refractivity contribution in [1.29, 1.82) is 0 Å². The average Bonchev–Trinajstić information content (AvgIpc) is 2.74. The molecule has 0 spiro atoms. The van der Waals surface area contributed by atoms with E-state index in [1.54, 1.807) is 4.90 Å². The number of rotatable bonds is 11. The fourth-order valence-corrected chi connectivity index (χ4v) is 4.51. The summed E-state index contributed by atoms with van der Waals surface area (Å²) < 4.78 is 0. The molecule has 0 unspecified atom stereocenters. The number of benzene rings is 2. The highest BCUT2D eigenvalue weighted by Gasteiger charge is 2.29. The van der Waals surface area contributed by atoms with Gasteiger partial charge in [0.05, 0.1) is 5.75 Å². The summed E-state index contributed by atoms with van der Waals surface area (Å²) in [6, 6.07) is 15.3. The Hall–Kier alpha value is -1.98. The van der Waals surface area contributed by atoms with Crippen LogP contribution in [-0.4, -0.2) is 34.6 Å². The van der Waals surface area contributed by atoms with Crippen molar-refractivity contribution in [3.63, 3.8) is 0 Å². The van der Waals surface area contributed by atoms with Gasteiger partial charge in [-0.25, -0.2) is 0 Å². The zero-order valence-corrected chi connectivity index (χ0v) is 20.4. The number of hydrogen-bond acceptors (Lipinski definition) is 3. The Morgan fingerprint density at radius 3 is 2.48 bits per heavy atom. The van der Waals surface area contributed by atoms with E-state index in [-0.39, 0.29) is 17.9 Å². The highest BCUT2D eigenvalue weighted by Crippen LogP contribution is 2.22. The fraction of sp³-hybridized carbons (Fsp3) is 0.440. The Labute approximate surface area is 195 Å². The molecule has 2 aromatic rings. The normalized spacial score (nSPS) is 12.8. The van der Waals surface area contributed by atoms with Crippen molar-refractivity contribution < 1.29 is 9.59 Å². The van der Waals surface area contributed by atoms with Gasteiger partial charge in [0.1, 0.15) is 6.04 Å². The Bertz CT molecular complexity index is 874. The highest BCUT2D eigenvalue weighted by atomic mass is 35.5. The molecule has 0 radical (unpaired) electrons. The van der Waals surface area contributed by atoms with E-state index in [9.17, 15) is 9.59 Å². The van der Waals surface area contributed by atoms with Crippen LogP contribution in [0.4, 0.5) is 0 Å². The van der Waals surface area contributed by atoms with Crippen molar-refractivity contribution in [3.05, 3.63) is 70.2 Å². The topological polar surface area (TPSA) is 49.4 Å². The summed E-state index contributed by atoms with van der Waals surface area (Å²) in [6.07, 6.45) is 1.41. The lowest BCUT2D eigenvalue weighted by atomic mass is 10.1. The Morgan fingerprint density at radius 2 is 1.84 bits per heavy atom. The molecule has 4 nitrogen and oxygen atoms in total. The first kappa shape index (κ1) is 25.3. The first-order valence-corrected chi connectivity index (χ1v) is 12.4. The summed E-state index contributed by atoms with van der Waals surface area (Å²) in [4.78, 5) is 27.9. The number of thioether (sulfide) groups is 1. The van der Waals surface area contributed by atoms with Crippen LogP contribution < -0.4 is 5.32 Å². The molecule has 0 aliphatic rings. The maximum absolute atomic E-state index is 13.3. The summed E-state index contributed by atoms with van der Waals surface area (Å²) in [5.41, 5.74) is 3.17. The maximum atomic E-state index is 13.3. The van der Waals surface area contributed by atoms with Gasteiger partial charge in [0.15, 0.2) is 0 Å². The van der Waals surface area contributed by atoms with Crippen LogP contribution in [0.1, 0.15) is 50.3 Å². The van der Waals surface area contributed by atoms with Gasteiger partial charge in [-0.2, -0.15) is 0 Å². The quantitative estimate of drug-likeness (QED) is 0.474. The van der Waals surface area contributed by atoms with E-state index in [4.69, 9.17) is 11.6 Å². The molecule has 1 N–H and O–H groups in total. The van der Waals surface area contributed by atoms with Crippen molar-refractivity contribution in [2.45, 2.75) is 64.9 Å². The molecule has 0 saturated heterocycles. The van der Waals surface area contributed by atoms with Crippen molar-refractivity contribution in [2.75, 3.05) is 5.75 Å². The third-order valence-electron chi connectivity index (χ3n) is 5.26. The van der Waals surface area contributed by atoms with Crippen LogP contribution in [0.25, 0.3) is 0 Å². The number of halogens is 1. The maximum Gasteiger partial charge on any atom is 0.243 e. The van der Waals surface area contributed by atoms with E-state index >= 15 is 0 Å². The van der Waals surface area contributed by atoms with Gasteiger partial charge in [-0.3, -0.25) is 9.59 Å². The lowest BCUT2D eigenvalue weighted by Crippen LogP contribution is -2.51. The van der Waals surface area contributed by atoms with E-state index in [0.29, 0.717) is 29.5 Å². The fourth-order valence-electron chi connectivity index (χ4n) is 3.31.